The Kier molecular flexibility index (Phi) is 6.08. The molecular formula is C26H24N2O3S2. The number of fused-ring (bicyclic) bond motifs is 3. The molecule has 33 heavy (non-hydrogen) atoms. The summed E-state index contributed by atoms with van der Waals surface area (Å²) in [5, 5.41) is 1.29. The molecule has 1 aliphatic rings. The fraction of sp³-hybridized carbons (Fsp3) is 0.269. The molecule has 1 aliphatic carbocycles. The molecule has 4 aromatic rings. The molecule has 0 N–H and O–H groups in total. The Morgan fingerprint density at radius 3 is 2.82 bits per heavy atom. The number of hydrogen-bond donors (Lipinski definition) is 0. The largest absolute Gasteiger partial charge is 0.497 e. The van der Waals surface area contributed by atoms with E-state index < -0.39 is 0 Å². The number of methoxy groups -OCH3 is 1. The molecule has 0 saturated carbocycles. The Morgan fingerprint density at radius 2 is 2.03 bits per heavy atom. The van der Waals surface area contributed by atoms with E-state index in [-0.39, 0.29) is 17.1 Å². The summed E-state index contributed by atoms with van der Waals surface area (Å²) in [6.45, 7) is 2.26. The monoisotopic (exact) mass is 476 g/mol. The maximum atomic E-state index is 13.8. The number of thiophene rings is 1. The van der Waals surface area contributed by atoms with Crippen LogP contribution in [0.1, 0.15) is 34.1 Å². The molecule has 5 nitrogen and oxygen atoms in total. The summed E-state index contributed by atoms with van der Waals surface area (Å²) in [4.78, 5) is 33.6. The van der Waals surface area contributed by atoms with Crippen LogP contribution >= 0.6 is 23.1 Å². The number of aromatic nitrogens is 2. The molecular weight excluding hydrogens is 452 g/mol. The summed E-state index contributed by atoms with van der Waals surface area (Å²) in [5.41, 5.74) is 2.46. The summed E-state index contributed by atoms with van der Waals surface area (Å²) in [5.74, 6) is 1.41. The summed E-state index contributed by atoms with van der Waals surface area (Å²) in [6, 6.07) is 16.7. The van der Waals surface area contributed by atoms with Crippen molar-refractivity contribution < 1.29 is 9.53 Å². The second-order valence-corrected chi connectivity index (χ2v) is 10.4. The van der Waals surface area contributed by atoms with Crippen molar-refractivity contribution in [3.63, 3.8) is 0 Å². The summed E-state index contributed by atoms with van der Waals surface area (Å²) in [7, 11) is 1.58. The number of aryl methyl sites for hydroxylation is 1. The lowest BCUT2D eigenvalue weighted by molar-refractivity contribution is 0.102. The van der Waals surface area contributed by atoms with Crippen LogP contribution in [0.5, 0.6) is 5.75 Å². The van der Waals surface area contributed by atoms with Gasteiger partial charge in [0.1, 0.15) is 10.6 Å². The average molecular weight is 477 g/mol. The molecule has 0 fully saturated rings. The number of ketones is 1. The molecule has 5 rings (SSSR count). The number of carbonyl (C=O) groups is 1. The van der Waals surface area contributed by atoms with Crippen LogP contribution in [-0.4, -0.2) is 28.2 Å². The molecule has 0 bridgehead atoms. The van der Waals surface area contributed by atoms with Gasteiger partial charge >= 0.3 is 0 Å². The van der Waals surface area contributed by atoms with E-state index in [1.165, 1.54) is 22.2 Å². The van der Waals surface area contributed by atoms with Crippen molar-refractivity contribution in [2.75, 3.05) is 12.9 Å². The van der Waals surface area contributed by atoms with Gasteiger partial charge in [-0.05, 0) is 55.0 Å². The van der Waals surface area contributed by atoms with Crippen LogP contribution in [-0.2, 0) is 12.8 Å². The van der Waals surface area contributed by atoms with Crippen molar-refractivity contribution >= 4 is 39.1 Å². The first kappa shape index (κ1) is 21.9. The molecule has 2 aromatic carbocycles. The second-order valence-electron chi connectivity index (χ2n) is 8.35. The number of benzene rings is 2. The third kappa shape index (κ3) is 4.23. The molecule has 0 aliphatic heterocycles. The Hall–Kier alpha value is -2.90. The average Bonchev–Trinajstić information content (AvgIpc) is 3.20. The van der Waals surface area contributed by atoms with E-state index in [9.17, 15) is 9.59 Å². The van der Waals surface area contributed by atoms with Gasteiger partial charge in [-0.15, -0.1) is 11.3 Å². The number of para-hydroxylation sites is 1. The van der Waals surface area contributed by atoms with Crippen LogP contribution in [0, 0.1) is 5.92 Å². The minimum absolute atomic E-state index is 0.0350. The van der Waals surface area contributed by atoms with E-state index in [0.29, 0.717) is 22.4 Å². The van der Waals surface area contributed by atoms with Crippen molar-refractivity contribution in [1.82, 2.24) is 9.55 Å². The van der Waals surface area contributed by atoms with Crippen LogP contribution in [0.4, 0.5) is 0 Å². The van der Waals surface area contributed by atoms with Gasteiger partial charge in [0.05, 0.1) is 23.9 Å². The topological polar surface area (TPSA) is 61.2 Å². The predicted octanol–water partition coefficient (Wildman–Crippen LogP) is 5.56. The first-order valence-electron chi connectivity index (χ1n) is 11.0. The van der Waals surface area contributed by atoms with Gasteiger partial charge in [0.15, 0.2) is 10.9 Å². The number of thioether (sulfide) groups is 1. The molecule has 0 amide bonds. The Labute approximate surface area is 200 Å². The fourth-order valence-electron chi connectivity index (χ4n) is 4.28. The van der Waals surface area contributed by atoms with Gasteiger partial charge in [-0.2, -0.15) is 0 Å². The SMILES string of the molecule is COc1cccc(C(=O)CSc2nc3sc4c(c3c(=O)n2-c2ccccc2)CCC(C)C4)c1. The van der Waals surface area contributed by atoms with Crippen LogP contribution in [0.2, 0.25) is 0 Å². The summed E-state index contributed by atoms with van der Waals surface area (Å²) in [6.07, 6.45) is 3.01. The van der Waals surface area contributed by atoms with Crippen LogP contribution in [0.3, 0.4) is 0 Å². The van der Waals surface area contributed by atoms with Crippen molar-refractivity contribution in [2.45, 2.75) is 31.3 Å². The number of nitrogens with zero attached hydrogens (tertiary/aromatic N) is 2. The molecule has 2 heterocycles. The fourth-order valence-corrected chi connectivity index (χ4v) is 6.61. The highest BCUT2D eigenvalue weighted by molar-refractivity contribution is 7.99. The number of carbonyl (C=O) groups excluding carboxylic acids is 1. The van der Waals surface area contributed by atoms with E-state index in [0.717, 1.165) is 35.2 Å². The Bertz CT molecular complexity index is 1390. The minimum Gasteiger partial charge on any atom is -0.497 e. The van der Waals surface area contributed by atoms with Gasteiger partial charge in [-0.25, -0.2) is 4.98 Å². The highest BCUT2D eigenvalue weighted by Gasteiger charge is 2.25. The summed E-state index contributed by atoms with van der Waals surface area (Å²) >= 11 is 2.93. The van der Waals surface area contributed by atoms with E-state index in [1.807, 2.05) is 36.4 Å². The molecule has 168 valence electrons. The van der Waals surface area contributed by atoms with Crippen molar-refractivity contribution in [3.8, 4) is 11.4 Å². The highest BCUT2D eigenvalue weighted by Crippen LogP contribution is 2.37. The number of Topliss-reactive ketones (excluding diaryl/α,β-unsaturated/α-hetero) is 1. The van der Waals surface area contributed by atoms with Gasteiger partial charge in [0.25, 0.3) is 5.56 Å². The van der Waals surface area contributed by atoms with E-state index in [2.05, 4.69) is 6.92 Å². The van der Waals surface area contributed by atoms with Gasteiger partial charge < -0.3 is 4.74 Å². The lowest BCUT2D eigenvalue weighted by Crippen LogP contribution is -2.23. The molecule has 1 atom stereocenters. The zero-order valence-electron chi connectivity index (χ0n) is 18.5. The predicted molar refractivity (Wildman–Crippen MR) is 134 cm³/mol. The van der Waals surface area contributed by atoms with E-state index in [1.54, 1.807) is 41.2 Å². The minimum atomic E-state index is -0.0467. The van der Waals surface area contributed by atoms with E-state index in [4.69, 9.17) is 9.72 Å². The van der Waals surface area contributed by atoms with Gasteiger partial charge in [0.2, 0.25) is 0 Å². The van der Waals surface area contributed by atoms with Gasteiger partial charge in [-0.1, -0.05) is 49.0 Å². The normalized spacial score (nSPS) is 15.4. The third-order valence-electron chi connectivity index (χ3n) is 6.04. The van der Waals surface area contributed by atoms with E-state index >= 15 is 0 Å². The second kappa shape index (κ2) is 9.15. The Balaban J connectivity index is 1.57. The molecule has 2 aromatic heterocycles. The zero-order valence-corrected chi connectivity index (χ0v) is 20.2. The standard InChI is InChI=1S/C26H24N2O3S2/c1-16-11-12-20-22(13-16)33-24-23(20)25(30)28(18-8-4-3-5-9-18)26(27-24)32-15-21(29)17-7-6-10-19(14-17)31-2/h3-10,14,16H,11-13,15H2,1-2H3. The first-order chi connectivity index (χ1) is 16.0. The smallest absolute Gasteiger partial charge is 0.267 e. The summed E-state index contributed by atoms with van der Waals surface area (Å²) < 4.78 is 6.90. The van der Waals surface area contributed by atoms with Crippen molar-refractivity contribution in [3.05, 3.63) is 81.0 Å². The molecule has 1 unspecified atom stereocenters. The Morgan fingerprint density at radius 1 is 1.21 bits per heavy atom. The third-order valence-corrected chi connectivity index (χ3v) is 8.12. The quantitative estimate of drug-likeness (QED) is 0.207. The lowest BCUT2D eigenvalue weighted by Gasteiger charge is -2.17. The van der Waals surface area contributed by atoms with Gasteiger partial charge in [0, 0.05) is 10.4 Å². The van der Waals surface area contributed by atoms with Crippen LogP contribution in [0.25, 0.3) is 15.9 Å². The van der Waals surface area contributed by atoms with Crippen molar-refractivity contribution in [1.29, 1.82) is 0 Å². The molecule has 0 saturated heterocycles. The van der Waals surface area contributed by atoms with Gasteiger partial charge in [-0.3, -0.25) is 14.2 Å². The van der Waals surface area contributed by atoms with Crippen LogP contribution in [0.15, 0.2) is 64.5 Å². The highest BCUT2D eigenvalue weighted by atomic mass is 32.2. The molecule has 7 heteroatoms. The van der Waals surface area contributed by atoms with Crippen molar-refractivity contribution in [2.24, 2.45) is 5.92 Å². The lowest BCUT2D eigenvalue weighted by atomic mass is 9.89. The first-order valence-corrected chi connectivity index (χ1v) is 12.8. The maximum absolute atomic E-state index is 13.8. The number of rotatable bonds is 6. The zero-order chi connectivity index (χ0) is 22.9. The molecule has 0 spiro atoms. The van der Waals surface area contributed by atoms with Crippen LogP contribution < -0.4 is 10.3 Å². The molecule has 0 radical (unpaired) electrons. The number of ether oxygens (including phenoxy) is 1. The maximum Gasteiger partial charge on any atom is 0.267 e. The number of hydrogen-bond acceptors (Lipinski definition) is 6.